The molecule has 0 spiro atoms. The molecule has 0 saturated carbocycles. The van der Waals surface area contributed by atoms with Gasteiger partial charge in [0.2, 0.25) is 0 Å². The molecule has 1 aromatic heterocycles. The first-order valence-electron chi connectivity index (χ1n) is 5.59. The first-order valence-corrected chi connectivity index (χ1v) is 5.59. The minimum Gasteiger partial charge on any atom is -0.481 e. The molecular formula is C10H13N5O3. The van der Waals surface area contributed by atoms with Crippen LogP contribution in [0.25, 0.3) is 0 Å². The van der Waals surface area contributed by atoms with Crippen LogP contribution in [0.2, 0.25) is 0 Å². The minimum absolute atomic E-state index is 0.142. The SMILES string of the molecule is O=C(O)C1CCN(C(=O)Nc2nccnn2)CC1. The van der Waals surface area contributed by atoms with Crippen LogP contribution < -0.4 is 5.32 Å². The predicted octanol–water partition coefficient (Wildman–Crippen LogP) is 0.200. The Labute approximate surface area is 103 Å². The number of nitrogens with one attached hydrogen (secondary N) is 1. The summed E-state index contributed by atoms with van der Waals surface area (Å²) in [6.07, 6.45) is 3.78. The summed E-state index contributed by atoms with van der Waals surface area (Å²) in [5, 5.41) is 18.6. The summed E-state index contributed by atoms with van der Waals surface area (Å²) in [5.41, 5.74) is 0. The van der Waals surface area contributed by atoms with Gasteiger partial charge in [0.05, 0.1) is 18.3 Å². The van der Waals surface area contributed by atoms with E-state index in [2.05, 4.69) is 20.5 Å². The second-order valence-electron chi connectivity index (χ2n) is 4.00. The number of aromatic nitrogens is 3. The topological polar surface area (TPSA) is 108 Å². The van der Waals surface area contributed by atoms with Gasteiger partial charge in [-0.1, -0.05) is 0 Å². The molecule has 1 saturated heterocycles. The van der Waals surface area contributed by atoms with Crippen LogP contribution in [0.4, 0.5) is 10.7 Å². The molecule has 96 valence electrons. The van der Waals surface area contributed by atoms with E-state index in [1.165, 1.54) is 12.4 Å². The molecule has 2 amide bonds. The Kier molecular flexibility index (Phi) is 3.66. The van der Waals surface area contributed by atoms with Crippen LogP contribution in [0.3, 0.4) is 0 Å². The van der Waals surface area contributed by atoms with Gasteiger partial charge in [0.25, 0.3) is 5.95 Å². The highest BCUT2D eigenvalue weighted by atomic mass is 16.4. The summed E-state index contributed by atoms with van der Waals surface area (Å²) in [6.45, 7) is 0.839. The third-order valence-electron chi connectivity index (χ3n) is 2.83. The molecule has 1 aromatic rings. The molecule has 0 aromatic carbocycles. The van der Waals surface area contributed by atoms with Gasteiger partial charge in [-0.05, 0) is 12.8 Å². The number of nitrogens with zero attached hydrogens (tertiary/aromatic N) is 4. The van der Waals surface area contributed by atoms with Crippen LogP contribution in [0, 0.1) is 5.92 Å². The van der Waals surface area contributed by atoms with Gasteiger partial charge in [0, 0.05) is 13.1 Å². The molecule has 18 heavy (non-hydrogen) atoms. The van der Waals surface area contributed by atoms with E-state index in [4.69, 9.17) is 5.11 Å². The van der Waals surface area contributed by atoms with E-state index >= 15 is 0 Å². The Morgan fingerprint density at radius 2 is 2.06 bits per heavy atom. The Morgan fingerprint density at radius 3 is 2.61 bits per heavy atom. The number of rotatable bonds is 2. The van der Waals surface area contributed by atoms with Crippen molar-refractivity contribution < 1.29 is 14.7 Å². The Bertz CT molecular complexity index is 430. The number of carbonyl (C=O) groups is 2. The summed E-state index contributed by atoms with van der Waals surface area (Å²) >= 11 is 0. The highest BCUT2D eigenvalue weighted by Crippen LogP contribution is 2.17. The molecule has 0 unspecified atom stereocenters. The normalized spacial score (nSPS) is 16.3. The average molecular weight is 251 g/mol. The number of hydrogen-bond acceptors (Lipinski definition) is 5. The van der Waals surface area contributed by atoms with E-state index in [0.29, 0.717) is 25.9 Å². The molecule has 8 nitrogen and oxygen atoms in total. The van der Waals surface area contributed by atoms with Crippen molar-refractivity contribution in [2.75, 3.05) is 18.4 Å². The van der Waals surface area contributed by atoms with Gasteiger partial charge in [-0.15, -0.1) is 5.10 Å². The van der Waals surface area contributed by atoms with Crippen LogP contribution >= 0.6 is 0 Å². The van der Waals surface area contributed by atoms with Crippen LogP contribution in [0.15, 0.2) is 12.4 Å². The zero-order valence-electron chi connectivity index (χ0n) is 9.61. The number of anilines is 1. The number of carboxylic acids is 1. The lowest BCUT2D eigenvalue weighted by Crippen LogP contribution is -2.42. The number of aliphatic carboxylic acids is 1. The van der Waals surface area contributed by atoms with Crippen molar-refractivity contribution in [3.63, 3.8) is 0 Å². The van der Waals surface area contributed by atoms with E-state index < -0.39 is 5.97 Å². The Balaban J connectivity index is 1.86. The van der Waals surface area contributed by atoms with Gasteiger partial charge in [-0.2, -0.15) is 5.10 Å². The van der Waals surface area contributed by atoms with Gasteiger partial charge in [-0.3, -0.25) is 10.1 Å². The first-order chi connectivity index (χ1) is 8.66. The highest BCUT2D eigenvalue weighted by Gasteiger charge is 2.27. The maximum absolute atomic E-state index is 11.8. The lowest BCUT2D eigenvalue weighted by molar-refractivity contribution is -0.143. The van der Waals surface area contributed by atoms with Crippen molar-refractivity contribution in [3.05, 3.63) is 12.4 Å². The Morgan fingerprint density at radius 1 is 1.33 bits per heavy atom. The average Bonchev–Trinajstić information content (AvgIpc) is 2.40. The zero-order valence-corrected chi connectivity index (χ0v) is 9.61. The molecule has 0 bridgehead atoms. The summed E-state index contributed by atoms with van der Waals surface area (Å²) in [5.74, 6) is -1.02. The molecule has 1 aliphatic heterocycles. The van der Waals surface area contributed by atoms with E-state index in [0.717, 1.165) is 0 Å². The van der Waals surface area contributed by atoms with Gasteiger partial charge < -0.3 is 10.0 Å². The Hall–Kier alpha value is -2.25. The number of carbonyl (C=O) groups excluding carboxylic acids is 1. The van der Waals surface area contributed by atoms with Crippen molar-refractivity contribution >= 4 is 17.9 Å². The number of likely N-dealkylation sites (tertiary alicyclic amines) is 1. The summed E-state index contributed by atoms with van der Waals surface area (Å²) < 4.78 is 0. The van der Waals surface area contributed by atoms with Crippen LogP contribution in [0.1, 0.15) is 12.8 Å². The molecular weight excluding hydrogens is 238 g/mol. The predicted molar refractivity (Wildman–Crippen MR) is 60.8 cm³/mol. The number of urea groups is 1. The number of hydrogen-bond donors (Lipinski definition) is 2. The molecule has 2 N–H and O–H groups in total. The van der Waals surface area contributed by atoms with E-state index in [9.17, 15) is 9.59 Å². The third kappa shape index (κ3) is 2.90. The maximum Gasteiger partial charge on any atom is 0.324 e. The van der Waals surface area contributed by atoms with Crippen molar-refractivity contribution in [3.8, 4) is 0 Å². The van der Waals surface area contributed by atoms with E-state index in [-0.39, 0.29) is 17.9 Å². The van der Waals surface area contributed by atoms with Gasteiger partial charge in [0.15, 0.2) is 0 Å². The molecule has 0 atom stereocenters. The second-order valence-corrected chi connectivity index (χ2v) is 4.00. The fourth-order valence-electron chi connectivity index (χ4n) is 1.81. The molecule has 0 radical (unpaired) electrons. The van der Waals surface area contributed by atoms with Crippen LogP contribution in [0.5, 0.6) is 0 Å². The van der Waals surface area contributed by atoms with Gasteiger partial charge >= 0.3 is 12.0 Å². The number of piperidine rings is 1. The summed E-state index contributed by atoms with van der Waals surface area (Å²) in [7, 11) is 0. The van der Waals surface area contributed by atoms with E-state index in [1.807, 2.05) is 0 Å². The molecule has 1 fully saturated rings. The summed E-state index contributed by atoms with van der Waals surface area (Å²) in [6, 6.07) is -0.327. The van der Waals surface area contributed by atoms with Crippen molar-refractivity contribution in [1.29, 1.82) is 0 Å². The monoisotopic (exact) mass is 251 g/mol. The standard InChI is InChI=1S/C10H13N5O3/c16-8(17)7-1-5-15(6-2-7)10(18)13-9-11-3-4-12-14-9/h3-4,7H,1-2,5-6H2,(H,16,17)(H,11,13,14,18). The minimum atomic E-state index is -0.800. The van der Waals surface area contributed by atoms with Crippen molar-refractivity contribution in [2.45, 2.75) is 12.8 Å². The van der Waals surface area contributed by atoms with E-state index in [1.54, 1.807) is 4.90 Å². The van der Waals surface area contributed by atoms with Crippen molar-refractivity contribution in [1.82, 2.24) is 20.1 Å². The summed E-state index contributed by atoms with van der Waals surface area (Å²) in [4.78, 5) is 28.0. The van der Waals surface area contributed by atoms with Gasteiger partial charge in [0.1, 0.15) is 0 Å². The molecule has 2 heterocycles. The molecule has 8 heteroatoms. The van der Waals surface area contributed by atoms with Crippen LogP contribution in [-0.2, 0) is 4.79 Å². The van der Waals surface area contributed by atoms with Crippen LogP contribution in [-0.4, -0.2) is 50.3 Å². The molecule has 0 aliphatic carbocycles. The number of carboxylic acid groups (broad SMARTS) is 1. The zero-order chi connectivity index (χ0) is 13.0. The van der Waals surface area contributed by atoms with Crippen molar-refractivity contribution in [2.24, 2.45) is 5.92 Å². The molecule has 2 rings (SSSR count). The smallest absolute Gasteiger partial charge is 0.324 e. The maximum atomic E-state index is 11.8. The highest BCUT2D eigenvalue weighted by molar-refractivity contribution is 5.87. The number of amides is 2. The quantitative estimate of drug-likeness (QED) is 0.777. The lowest BCUT2D eigenvalue weighted by atomic mass is 9.97. The third-order valence-corrected chi connectivity index (χ3v) is 2.83. The lowest BCUT2D eigenvalue weighted by Gasteiger charge is -2.29. The fraction of sp³-hybridized carbons (Fsp3) is 0.500. The molecule has 1 aliphatic rings. The fourth-order valence-corrected chi connectivity index (χ4v) is 1.81. The first kappa shape index (κ1) is 12.2. The van der Waals surface area contributed by atoms with Gasteiger partial charge in [-0.25, -0.2) is 9.78 Å². The largest absolute Gasteiger partial charge is 0.481 e. The second kappa shape index (κ2) is 5.39.